The number of anilines is 2. The molecule has 2 heterocycles. The highest BCUT2D eigenvalue weighted by Crippen LogP contribution is 2.64. The molecule has 0 spiro atoms. The molecule has 1 N–H and O–H groups in total. The monoisotopic (exact) mass is 569 g/mol. The minimum absolute atomic E-state index is 0.0253. The highest BCUT2D eigenvalue weighted by atomic mass is 32.2. The van der Waals surface area contributed by atoms with Crippen LogP contribution in [-0.4, -0.2) is 28.8 Å². The number of carbonyl (C=O) groups excluding carboxylic acids is 1. The zero-order valence-corrected chi connectivity index (χ0v) is 24.6. The number of hydrogen-bond donors (Lipinski definition) is 1. The van der Waals surface area contributed by atoms with Gasteiger partial charge in [-0.05, 0) is 80.0 Å². The van der Waals surface area contributed by atoms with E-state index in [1.54, 1.807) is 4.57 Å². The molecule has 2 aliphatic carbocycles. The zero-order chi connectivity index (χ0) is 27.4. The molecule has 7 rings (SSSR count). The molecule has 0 radical (unpaired) electrons. The SMILES string of the molecule is CCN(CC)c1ccc([C@H]2c3sc(=O)n(CC(=O)Nc4cccc5ccccc45)c3SC3C4CCC(C4)C32)cc1. The van der Waals surface area contributed by atoms with Crippen molar-refractivity contribution in [3.8, 4) is 0 Å². The summed E-state index contributed by atoms with van der Waals surface area (Å²) in [4.78, 5) is 30.3. The molecule has 3 aliphatic rings. The van der Waals surface area contributed by atoms with E-state index in [-0.39, 0.29) is 23.2 Å². The summed E-state index contributed by atoms with van der Waals surface area (Å²) in [6.45, 7) is 6.40. The van der Waals surface area contributed by atoms with Gasteiger partial charge in [0.05, 0.1) is 5.03 Å². The third-order valence-electron chi connectivity index (χ3n) is 9.44. The molecule has 206 valence electrons. The maximum Gasteiger partial charge on any atom is 0.308 e. The maximum atomic E-state index is 13.5. The van der Waals surface area contributed by atoms with E-state index in [1.165, 1.54) is 41.9 Å². The first-order valence-electron chi connectivity index (χ1n) is 14.6. The molecule has 2 bridgehead atoms. The van der Waals surface area contributed by atoms with Gasteiger partial charge in [0.1, 0.15) is 6.54 Å². The van der Waals surface area contributed by atoms with Crippen LogP contribution in [-0.2, 0) is 11.3 Å². The van der Waals surface area contributed by atoms with Crippen molar-refractivity contribution in [1.29, 1.82) is 0 Å². The van der Waals surface area contributed by atoms with Crippen LogP contribution in [0.4, 0.5) is 11.4 Å². The summed E-state index contributed by atoms with van der Waals surface area (Å²) >= 11 is 3.25. The Morgan fingerprint density at radius 1 is 0.975 bits per heavy atom. The summed E-state index contributed by atoms with van der Waals surface area (Å²) in [6.07, 6.45) is 3.90. The first kappa shape index (κ1) is 25.9. The summed E-state index contributed by atoms with van der Waals surface area (Å²) in [5.74, 6) is 2.06. The Labute approximate surface area is 243 Å². The van der Waals surface area contributed by atoms with Crippen LogP contribution in [0.1, 0.15) is 49.5 Å². The number of thioether (sulfide) groups is 1. The Bertz CT molecular complexity index is 1620. The molecular formula is C33H35N3O2S2. The van der Waals surface area contributed by atoms with Gasteiger partial charge in [-0.25, -0.2) is 0 Å². The molecule has 1 amide bonds. The summed E-state index contributed by atoms with van der Waals surface area (Å²) in [5, 5.41) is 6.72. The van der Waals surface area contributed by atoms with Gasteiger partial charge in [-0.15, -0.1) is 11.8 Å². The highest BCUT2D eigenvalue weighted by molar-refractivity contribution is 8.00. The Morgan fingerprint density at radius 2 is 1.73 bits per heavy atom. The molecular weight excluding hydrogens is 535 g/mol. The number of rotatable bonds is 7. The average Bonchev–Trinajstić information content (AvgIpc) is 3.67. The number of benzene rings is 3. The predicted molar refractivity (Wildman–Crippen MR) is 167 cm³/mol. The first-order chi connectivity index (χ1) is 19.6. The molecule has 40 heavy (non-hydrogen) atoms. The highest BCUT2D eigenvalue weighted by Gasteiger charge is 2.55. The number of aromatic nitrogens is 1. The van der Waals surface area contributed by atoms with Crippen LogP contribution in [0, 0.1) is 17.8 Å². The van der Waals surface area contributed by atoms with Gasteiger partial charge in [0.2, 0.25) is 5.91 Å². The topological polar surface area (TPSA) is 54.3 Å². The van der Waals surface area contributed by atoms with Crippen LogP contribution in [0.3, 0.4) is 0 Å². The Balaban J connectivity index is 1.23. The summed E-state index contributed by atoms with van der Waals surface area (Å²) in [5.41, 5.74) is 3.35. The summed E-state index contributed by atoms with van der Waals surface area (Å²) in [6, 6.07) is 23.1. The van der Waals surface area contributed by atoms with Gasteiger partial charge in [0.25, 0.3) is 0 Å². The summed E-state index contributed by atoms with van der Waals surface area (Å²) in [7, 11) is 0. The van der Waals surface area contributed by atoms with Crippen LogP contribution in [0.25, 0.3) is 10.8 Å². The standard InChI is InChI=1S/C33H35N3O2S2/c1-3-35(4-2)24-16-14-21(15-17-24)28-29-22-12-13-23(18-22)30(29)39-32-31(28)40-33(38)36(32)19-27(37)34-26-11-7-9-20-8-5-6-10-25(20)26/h5-11,14-17,22-23,28-30H,3-4,12-13,18-19H2,1-2H3,(H,34,37)/t22?,23?,28-,29?,30?/m1/s1. The number of fused-ring (bicyclic) bond motifs is 7. The number of nitrogens with zero attached hydrogens (tertiary/aromatic N) is 2. The molecule has 0 saturated heterocycles. The van der Waals surface area contributed by atoms with Crippen LogP contribution in [0.2, 0.25) is 0 Å². The van der Waals surface area contributed by atoms with E-state index >= 15 is 0 Å². The van der Waals surface area contributed by atoms with Crippen molar-refractivity contribution in [1.82, 2.24) is 4.57 Å². The molecule has 2 fully saturated rings. The Morgan fingerprint density at radius 3 is 2.52 bits per heavy atom. The van der Waals surface area contributed by atoms with Crippen LogP contribution >= 0.6 is 23.1 Å². The lowest BCUT2D eigenvalue weighted by Gasteiger charge is -2.40. The van der Waals surface area contributed by atoms with Gasteiger partial charge in [0.15, 0.2) is 0 Å². The Hall–Kier alpha value is -3.03. The van der Waals surface area contributed by atoms with E-state index < -0.39 is 0 Å². The van der Waals surface area contributed by atoms with E-state index in [0.717, 1.165) is 45.4 Å². The van der Waals surface area contributed by atoms with Crippen molar-refractivity contribution in [2.45, 2.75) is 55.8 Å². The third-order valence-corrected chi connectivity index (χ3v) is 12.3. The average molecular weight is 570 g/mol. The maximum absolute atomic E-state index is 13.5. The molecule has 1 aromatic heterocycles. The van der Waals surface area contributed by atoms with E-state index in [4.69, 9.17) is 0 Å². The molecule has 4 aromatic rings. The fourth-order valence-electron chi connectivity index (χ4n) is 7.61. The van der Waals surface area contributed by atoms with Crippen LogP contribution in [0.5, 0.6) is 0 Å². The van der Waals surface area contributed by atoms with Crippen molar-refractivity contribution < 1.29 is 4.79 Å². The molecule has 7 heteroatoms. The quantitative estimate of drug-likeness (QED) is 0.256. The van der Waals surface area contributed by atoms with Crippen molar-refractivity contribution >= 4 is 51.2 Å². The van der Waals surface area contributed by atoms with Gasteiger partial charge in [-0.3, -0.25) is 14.2 Å². The van der Waals surface area contributed by atoms with Gasteiger partial charge < -0.3 is 10.2 Å². The number of amides is 1. The van der Waals surface area contributed by atoms with Gasteiger partial charge in [0, 0.05) is 45.9 Å². The minimum atomic E-state index is -0.158. The molecule has 3 aromatic carbocycles. The molecule has 5 atom stereocenters. The number of carbonyl (C=O) groups is 1. The van der Waals surface area contributed by atoms with Crippen molar-refractivity contribution in [3.05, 3.63) is 86.8 Å². The van der Waals surface area contributed by atoms with E-state index in [9.17, 15) is 9.59 Å². The van der Waals surface area contributed by atoms with Crippen LogP contribution in [0.15, 0.2) is 76.6 Å². The predicted octanol–water partition coefficient (Wildman–Crippen LogP) is 7.20. The number of hydrogen-bond acceptors (Lipinski definition) is 5. The van der Waals surface area contributed by atoms with Gasteiger partial charge in [-0.2, -0.15) is 0 Å². The number of thiazole rings is 1. The third kappa shape index (κ3) is 4.29. The van der Waals surface area contributed by atoms with Crippen molar-refractivity contribution in [2.24, 2.45) is 17.8 Å². The fraction of sp³-hybridized carbons (Fsp3) is 0.394. The van der Waals surface area contributed by atoms with Gasteiger partial charge >= 0.3 is 4.87 Å². The minimum Gasteiger partial charge on any atom is -0.372 e. The van der Waals surface area contributed by atoms with Crippen molar-refractivity contribution in [3.63, 3.8) is 0 Å². The van der Waals surface area contributed by atoms with E-state index in [0.29, 0.717) is 17.1 Å². The van der Waals surface area contributed by atoms with Crippen molar-refractivity contribution in [2.75, 3.05) is 23.3 Å². The number of nitrogens with one attached hydrogen (secondary N) is 1. The second-order valence-electron chi connectivity index (χ2n) is 11.4. The molecule has 4 unspecified atom stereocenters. The lowest BCUT2D eigenvalue weighted by molar-refractivity contribution is -0.116. The zero-order valence-electron chi connectivity index (χ0n) is 23.0. The largest absolute Gasteiger partial charge is 0.372 e. The molecule has 1 aliphatic heterocycles. The van der Waals surface area contributed by atoms with Crippen LogP contribution < -0.4 is 15.1 Å². The first-order valence-corrected chi connectivity index (χ1v) is 16.3. The van der Waals surface area contributed by atoms with E-state index in [1.807, 2.05) is 54.2 Å². The fourth-order valence-corrected chi connectivity index (χ4v) is 10.8. The second kappa shape index (κ2) is 10.4. The normalized spacial score (nSPS) is 24.6. The summed E-state index contributed by atoms with van der Waals surface area (Å²) < 4.78 is 1.75. The van der Waals surface area contributed by atoms with Gasteiger partial charge in [-0.1, -0.05) is 59.9 Å². The van der Waals surface area contributed by atoms with E-state index in [2.05, 4.69) is 48.3 Å². The lowest BCUT2D eigenvalue weighted by atomic mass is 9.75. The lowest BCUT2D eigenvalue weighted by Crippen LogP contribution is -2.35. The second-order valence-corrected chi connectivity index (χ2v) is 13.6. The molecule has 5 nitrogen and oxygen atoms in total. The smallest absolute Gasteiger partial charge is 0.308 e. The Kier molecular flexibility index (Phi) is 6.75. The molecule has 2 saturated carbocycles.